The van der Waals surface area contributed by atoms with Crippen molar-refractivity contribution in [2.45, 2.75) is 64.0 Å². The predicted octanol–water partition coefficient (Wildman–Crippen LogP) is 3.83. The highest BCUT2D eigenvalue weighted by molar-refractivity contribution is 5.85. The van der Waals surface area contributed by atoms with Crippen molar-refractivity contribution in [2.24, 2.45) is 5.92 Å². The van der Waals surface area contributed by atoms with Crippen LogP contribution in [0.4, 0.5) is 0 Å². The molecule has 0 spiro atoms. The summed E-state index contributed by atoms with van der Waals surface area (Å²) >= 11 is 0. The van der Waals surface area contributed by atoms with E-state index in [0.717, 1.165) is 42.7 Å². The van der Waals surface area contributed by atoms with Gasteiger partial charge in [0.1, 0.15) is 6.04 Å². The van der Waals surface area contributed by atoms with E-state index in [1.54, 1.807) is 4.90 Å². The summed E-state index contributed by atoms with van der Waals surface area (Å²) in [7, 11) is 0. The van der Waals surface area contributed by atoms with Crippen LogP contribution in [-0.2, 0) is 16.0 Å². The molecule has 148 valence electrons. The maximum Gasteiger partial charge on any atom is 0.326 e. The summed E-state index contributed by atoms with van der Waals surface area (Å²) < 4.78 is 5.90. The van der Waals surface area contributed by atoms with Gasteiger partial charge in [-0.2, -0.15) is 0 Å². The molecule has 1 saturated heterocycles. The fraction of sp³-hybridized carbons (Fsp3) is 0.500. The first-order valence-electron chi connectivity index (χ1n) is 10.1. The number of carbonyl (C=O) groups is 2. The van der Waals surface area contributed by atoms with Crippen molar-refractivity contribution in [2.75, 3.05) is 0 Å². The van der Waals surface area contributed by atoms with Crippen LogP contribution in [0.5, 0.6) is 0 Å². The van der Waals surface area contributed by atoms with E-state index in [4.69, 9.17) is 4.42 Å². The van der Waals surface area contributed by atoms with E-state index in [-0.39, 0.29) is 18.4 Å². The molecular formula is C22H26N2O4. The Labute approximate surface area is 164 Å². The maximum atomic E-state index is 12.9. The van der Waals surface area contributed by atoms with Crippen molar-refractivity contribution >= 4 is 11.9 Å². The summed E-state index contributed by atoms with van der Waals surface area (Å²) in [4.78, 5) is 30.8. The van der Waals surface area contributed by atoms with Gasteiger partial charge >= 0.3 is 5.97 Å². The lowest BCUT2D eigenvalue weighted by molar-refractivity contribution is -0.149. The van der Waals surface area contributed by atoms with Crippen molar-refractivity contribution in [1.29, 1.82) is 0 Å². The average Bonchev–Trinajstić information content (AvgIpc) is 3.27. The predicted molar refractivity (Wildman–Crippen MR) is 104 cm³/mol. The number of oxazole rings is 1. The summed E-state index contributed by atoms with van der Waals surface area (Å²) in [6.45, 7) is 1.89. The SMILES string of the molecule is Cc1nc(CCC(=O)N2C(C(=O)O)CC3CCCCC32)oc1-c1ccccc1. The van der Waals surface area contributed by atoms with Gasteiger partial charge in [0, 0.05) is 24.4 Å². The molecule has 2 aromatic rings. The quantitative estimate of drug-likeness (QED) is 0.850. The van der Waals surface area contributed by atoms with E-state index in [2.05, 4.69) is 4.98 Å². The number of fused-ring (bicyclic) bond motifs is 1. The van der Waals surface area contributed by atoms with Crippen LogP contribution in [-0.4, -0.2) is 39.0 Å². The molecule has 2 fully saturated rings. The minimum absolute atomic E-state index is 0.0773. The normalized spacial score (nSPS) is 24.2. The summed E-state index contributed by atoms with van der Waals surface area (Å²) in [5.74, 6) is 0.586. The molecule has 3 atom stereocenters. The molecule has 4 rings (SSSR count). The topological polar surface area (TPSA) is 83.6 Å². The first-order chi connectivity index (χ1) is 13.5. The van der Waals surface area contributed by atoms with Gasteiger partial charge in [0.05, 0.1) is 5.69 Å². The van der Waals surface area contributed by atoms with Crippen LogP contribution >= 0.6 is 0 Å². The van der Waals surface area contributed by atoms with Gasteiger partial charge in [-0.25, -0.2) is 9.78 Å². The second-order valence-corrected chi connectivity index (χ2v) is 7.89. The zero-order valence-corrected chi connectivity index (χ0v) is 16.1. The van der Waals surface area contributed by atoms with Crippen molar-refractivity contribution in [1.82, 2.24) is 9.88 Å². The Balaban J connectivity index is 1.46. The number of hydrogen-bond donors (Lipinski definition) is 1. The average molecular weight is 382 g/mol. The van der Waals surface area contributed by atoms with Gasteiger partial charge in [-0.15, -0.1) is 0 Å². The smallest absolute Gasteiger partial charge is 0.326 e. The zero-order valence-electron chi connectivity index (χ0n) is 16.1. The van der Waals surface area contributed by atoms with E-state index >= 15 is 0 Å². The number of aryl methyl sites for hydroxylation is 2. The molecule has 2 aliphatic rings. The van der Waals surface area contributed by atoms with E-state index in [9.17, 15) is 14.7 Å². The second-order valence-electron chi connectivity index (χ2n) is 7.89. The summed E-state index contributed by atoms with van der Waals surface area (Å²) in [5, 5.41) is 9.61. The molecule has 3 unspecified atom stereocenters. The second kappa shape index (κ2) is 7.78. The Morgan fingerprint density at radius 1 is 1.21 bits per heavy atom. The minimum Gasteiger partial charge on any atom is -0.480 e. The van der Waals surface area contributed by atoms with Crippen LogP contribution < -0.4 is 0 Å². The van der Waals surface area contributed by atoms with Crippen LogP contribution in [0.25, 0.3) is 11.3 Å². The molecule has 1 amide bonds. The molecule has 1 aliphatic carbocycles. The molecule has 6 nitrogen and oxygen atoms in total. The van der Waals surface area contributed by atoms with Gasteiger partial charge in [-0.05, 0) is 32.1 Å². The van der Waals surface area contributed by atoms with Crippen molar-refractivity contribution < 1.29 is 19.1 Å². The van der Waals surface area contributed by atoms with E-state index in [1.807, 2.05) is 37.3 Å². The third-order valence-electron chi connectivity index (χ3n) is 6.09. The Morgan fingerprint density at radius 3 is 2.71 bits per heavy atom. The van der Waals surface area contributed by atoms with Gasteiger partial charge in [0.25, 0.3) is 0 Å². The van der Waals surface area contributed by atoms with Gasteiger partial charge in [-0.3, -0.25) is 4.79 Å². The minimum atomic E-state index is -0.888. The van der Waals surface area contributed by atoms with Crippen molar-refractivity contribution in [3.05, 3.63) is 41.9 Å². The molecular weight excluding hydrogens is 356 g/mol. The van der Waals surface area contributed by atoms with Crippen LogP contribution in [0, 0.1) is 12.8 Å². The highest BCUT2D eigenvalue weighted by Crippen LogP contribution is 2.40. The molecule has 0 radical (unpaired) electrons. The van der Waals surface area contributed by atoms with Gasteiger partial charge in [0.15, 0.2) is 11.7 Å². The lowest BCUT2D eigenvalue weighted by Crippen LogP contribution is -2.46. The third kappa shape index (κ3) is 3.55. The molecule has 1 aromatic carbocycles. The number of carboxylic acids is 1. The molecule has 1 aliphatic heterocycles. The summed E-state index contributed by atoms with van der Waals surface area (Å²) in [6, 6.07) is 9.16. The van der Waals surface area contributed by atoms with Crippen LogP contribution in [0.15, 0.2) is 34.7 Å². The molecule has 1 aromatic heterocycles. The fourth-order valence-electron chi connectivity index (χ4n) is 4.80. The van der Waals surface area contributed by atoms with Gasteiger partial charge < -0.3 is 14.4 Å². The number of aliphatic carboxylic acids is 1. The third-order valence-corrected chi connectivity index (χ3v) is 6.09. The van der Waals surface area contributed by atoms with Crippen molar-refractivity contribution in [3.63, 3.8) is 0 Å². The number of aromatic nitrogens is 1. The number of amides is 1. The Morgan fingerprint density at radius 2 is 1.96 bits per heavy atom. The Bertz CT molecular complexity index is 861. The van der Waals surface area contributed by atoms with Crippen LogP contribution in [0.2, 0.25) is 0 Å². The Kier molecular flexibility index (Phi) is 5.20. The van der Waals surface area contributed by atoms with Crippen molar-refractivity contribution in [3.8, 4) is 11.3 Å². The standard InChI is InChI=1S/C22H26N2O4/c1-14-21(15-7-3-2-4-8-15)28-19(23-14)11-12-20(25)24-17-10-6-5-9-16(17)13-18(24)22(26)27/h2-4,7-8,16-18H,5-6,9-13H2,1H3,(H,26,27). The number of likely N-dealkylation sites (tertiary alicyclic amines) is 1. The monoisotopic (exact) mass is 382 g/mol. The molecule has 2 heterocycles. The van der Waals surface area contributed by atoms with Crippen LogP contribution in [0.1, 0.15) is 50.1 Å². The number of nitrogens with zero attached hydrogens (tertiary/aromatic N) is 2. The first-order valence-corrected chi connectivity index (χ1v) is 10.1. The highest BCUT2D eigenvalue weighted by atomic mass is 16.4. The summed E-state index contributed by atoms with van der Waals surface area (Å²) in [5.41, 5.74) is 1.76. The maximum absolute atomic E-state index is 12.9. The van der Waals surface area contributed by atoms with E-state index < -0.39 is 12.0 Å². The van der Waals surface area contributed by atoms with Gasteiger partial charge in [0.2, 0.25) is 5.91 Å². The molecule has 1 N–H and O–H groups in total. The highest BCUT2D eigenvalue weighted by Gasteiger charge is 2.47. The first kappa shape index (κ1) is 18.7. The summed E-state index contributed by atoms with van der Waals surface area (Å²) in [6.07, 6.45) is 5.33. The lowest BCUT2D eigenvalue weighted by atomic mass is 9.84. The Hall–Kier alpha value is -2.63. The largest absolute Gasteiger partial charge is 0.480 e. The molecule has 6 heteroatoms. The number of carboxylic acid groups (broad SMARTS) is 1. The number of rotatable bonds is 5. The molecule has 0 bridgehead atoms. The van der Waals surface area contributed by atoms with E-state index in [0.29, 0.717) is 24.7 Å². The fourth-order valence-corrected chi connectivity index (χ4v) is 4.80. The number of carbonyl (C=O) groups excluding carboxylic acids is 1. The van der Waals surface area contributed by atoms with Gasteiger partial charge in [-0.1, -0.05) is 43.2 Å². The molecule has 1 saturated carbocycles. The van der Waals surface area contributed by atoms with Crippen LogP contribution in [0.3, 0.4) is 0 Å². The number of hydrogen-bond acceptors (Lipinski definition) is 4. The zero-order chi connectivity index (χ0) is 19.7. The molecule has 28 heavy (non-hydrogen) atoms. The lowest BCUT2D eigenvalue weighted by Gasteiger charge is -2.33. The van der Waals surface area contributed by atoms with E-state index in [1.165, 1.54) is 0 Å². The number of benzene rings is 1.